The van der Waals surface area contributed by atoms with Crippen LogP contribution in [0.3, 0.4) is 0 Å². The topological polar surface area (TPSA) is 15.0 Å². The molecule has 0 bridgehead atoms. The lowest BCUT2D eigenvalue weighted by Gasteiger charge is -2.24. The Morgan fingerprint density at radius 1 is 0.812 bits per heavy atom. The normalized spacial score (nSPS) is 17.8. The Labute approximate surface area is 190 Å². The van der Waals surface area contributed by atoms with Gasteiger partial charge in [-0.3, -0.25) is 0 Å². The van der Waals surface area contributed by atoms with Crippen molar-refractivity contribution in [2.45, 2.75) is 25.7 Å². The van der Waals surface area contributed by atoms with Gasteiger partial charge in [-0.1, -0.05) is 72.8 Å². The molecule has 0 saturated carbocycles. The third-order valence-corrected chi connectivity index (χ3v) is 6.59. The molecule has 5 rings (SSSR count). The summed E-state index contributed by atoms with van der Waals surface area (Å²) in [5.74, 6) is 0. The van der Waals surface area contributed by atoms with Gasteiger partial charge < -0.3 is 5.32 Å². The van der Waals surface area contributed by atoms with E-state index in [4.69, 9.17) is 0 Å². The molecule has 1 aliphatic heterocycles. The molecule has 0 spiro atoms. The van der Waals surface area contributed by atoms with Gasteiger partial charge in [-0.05, 0) is 54.8 Å². The summed E-state index contributed by atoms with van der Waals surface area (Å²) < 4.78 is 2.48. The van der Waals surface area contributed by atoms with Crippen LogP contribution >= 0.6 is 0 Å². The van der Waals surface area contributed by atoms with Crippen molar-refractivity contribution >= 4 is 27.9 Å². The first kappa shape index (κ1) is 20.3. The Hall–Kier alpha value is -3.65. The first-order valence-electron chi connectivity index (χ1n) is 11.4. The van der Waals surface area contributed by atoms with Crippen LogP contribution in [-0.2, 0) is 11.8 Å². The monoisotopic (exact) mass is 417 g/mol. The standard InChI is InChI=1S/C30H28N2/c1-3-32-27-19-18-24-14-10-11-17-26(24)29(27)30(2,22-23-12-6-4-7-13-23)28(32)20-21-31-25-15-8-5-9-16-25/h4-21H,3,22H2,1-2H3/p+1. The van der Waals surface area contributed by atoms with Gasteiger partial charge in [-0.15, -0.1) is 0 Å². The molecule has 0 amide bonds. The Kier molecular flexibility index (Phi) is 5.36. The summed E-state index contributed by atoms with van der Waals surface area (Å²) in [5, 5.41) is 6.10. The SMILES string of the molecule is CC[N+]1=C(C=CNc2ccccc2)C(C)(Cc2ccccc2)c2c1ccc1ccccc21. The van der Waals surface area contributed by atoms with Crippen LogP contribution in [0.1, 0.15) is 25.0 Å². The molecule has 0 saturated heterocycles. The molecule has 158 valence electrons. The van der Waals surface area contributed by atoms with Crippen molar-refractivity contribution < 1.29 is 4.58 Å². The smallest absolute Gasteiger partial charge is 0.210 e. The largest absolute Gasteiger partial charge is 0.361 e. The van der Waals surface area contributed by atoms with Gasteiger partial charge in [0.1, 0.15) is 6.54 Å². The van der Waals surface area contributed by atoms with Crippen molar-refractivity contribution in [1.82, 2.24) is 0 Å². The Bertz CT molecular complexity index is 1300. The predicted octanol–water partition coefficient (Wildman–Crippen LogP) is 7.08. The number of benzene rings is 4. The second-order valence-corrected chi connectivity index (χ2v) is 8.65. The quantitative estimate of drug-likeness (QED) is 0.331. The molecular weight excluding hydrogens is 388 g/mol. The van der Waals surface area contributed by atoms with Gasteiger partial charge in [0.05, 0.1) is 5.41 Å². The Morgan fingerprint density at radius 2 is 1.50 bits per heavy atom. The van der Waals surface area contributed by atoms with E-state index in [-0.39, 0.29) is 5.41 Å². The molecular formula is C30H29N2+. The maximum Gasteiger partial charge on any atom is 0.210 e. The zero-order valence-corrected chi connectivity index (χ0v) is 18.8. The van der Waals surface area contributed by atoms with Gasteiger partial charge >= 0.3 is 0 Å². The second kappa shape index (κ2) is 8.47. The van der Waals surface area contributed by atoms with E-state index in [1.165, 1.54) is 33.3 Å². The predicted molar refractivity (Wildman–Crippen MR) is 136 cm³/mol. The molecule has 1 N–H and O–H groups in total. The minimum Gasteiger partial charge on any atom is -0.361 e. The summed E-state index contributed by atoms with van der Waals surface area (Å²) in [6, 6.07) is 34.5. The average Bonchev–Trinajstić information content (AvgIpc) is 3.08. The summed E-state index contributed by atoms with van der Waals surface area (Å²) in [7, 11) is 0. The van der Waals surface area contributed by atoms with E-state index in [0.29, 0.717) is 0 Å². The van der Waals surface area contributed by atoms with E-state index < -0.39 is 0 Å². The molecule has 2 nitrogen and oxygen atoms in total. The first-order chi connectivity index (χ1) is 15.7. The zero-order chi connectivity index (χ0) is 22.0. The second-order valence-electron chi connectivity index (χ2n) is 8.65. The number of fused-ring (bicyclic) bond motifs is 3. The fourth-order valence-electron chi connectivity index (χ4n) is 5.17. The lowest BCUT2D eigenvalue weighted by atomic mass is 9.73. The van der Waals surface area contributed by atoms with Crippen LogP contribution in [0.15, 0.2) is 109 Å². The zero-order valence-electron chi connectivity index (χ0n) is 18.8. The van der Waals surface area contributed by atoms with Crippen LogP contribution in [0.5, 0.6) is 0 Å². The molecule has 4 aromatic rings. The van der Waals surface area contributed by atoms with Crippen LogP contribution in [0.4, 0.5) is 11.4 Å². The highest BCUT2D eigenvalue weighted by Gasteiger charge is 2.48. The molecule has 0 aromatic heterocycles. The van der Waals surface area contributed by atoms with E-state index in [1.54, 1.807) is 0 Å². The summed E-state index contributed by atoms with van der Waals surface area (Å²) in [4.78, 5) is 0. The number of nitrogens with one attached hydrogen (secondary N) is 1. The molecule has 0 aliphatic carbocycles. The van der Waals surface area contributed by atoms with Gasteiger partial charge in [0.25, 0.3) is 0 Å². The van der Waals surface area contributed by atoms with Crippen molar-refractivity contribution in [1.29, 1.82) is 0 Å². The van der Waals surface area contributed by atoms with Crippen LogP contribution in [0.25, 0.3) is 10.8 Å². The molecule has 4 aromatic carbocycles. The number of nitrogens with zero attached hydrogens (tertiary/aromatic N) is 1. The highest BCUT2D eigenvalue weighted by Crippen LogP contribution is 2.46. The van der Waals surface area contributed by atoms with E-state index >= 15 is 0 Å². The number of hydrogen-bond donors (Lipinski definition) is 1. The van der Waals surface area contributed by atoms with Crippen molar-refractivity contribution in [3.63, 3.8) is 0 Å². The van der Waals surface area contributed by atoms with Crippen LogP contribution in [0, 0.1) is 0 Å². The minimum atomic E-state index is -0.136. The molecule has 2 heteroatoms. The molecule has 1 aliphatic rings. The van der Waals surface area contributed by atoms with Crippen molar-refractivity contribution in [2.75, 3.05) is 11.9 Å². The number of para-hydroxylation sites is 1. The van der Waals surface area contributed by atoms with Gasteiger partial charge in [0, 0.05) is 29.6 Å². The molecule has 0 fully saturated rings. The molecule has 1 atom stereocenters. The highest BCUT2D eigenvalue weighted by molar-refractivity contribution is 6.08. The number of hydrogen-bond acceptors (Lipinski definition) is 1. The van der Waals surface area contributed by atoms with Gasteiger partial charge in [0.15, 0.2) is 5.71 Å². The number of allylic oxidation sites excluding steroid dienone is 1. The van der Waals surface area contributed by atoms with Crippen molar-refractivity contribution in [3.8, 4) is 0 Å². The van der Waals surface area contributed by atoms with Crippen molar-refractivity contribution in [2.24, 2.45) is 0 Å². The Balaban J connectivity index is 1.65. The van der Waals surface area contributed by atoms with E-state index in [9.17, 15) is 0 Å². The van der Waals surface area contributed by atoms with E-state index in [2.05, 4.69) is 127 Å². The third-order valence-electron chi connectivity index (χ3n) is 6.59. The summed E-state index contributed by atoms with van der Waals surface area (Å²) in [6.07, 6.45) is 5.31. The molecule has 1 unspecified atom stereocenters. The number of anilines is 1. The molecule has 0 radical (unpaired) electrons. The highest BCUT2D eigenvalue weighted by atomic mass is 15.1. The fourth-order valence-corrected chi connectivity index (χ4v) is 5.17. The first-order valence-corrected chi connectivity index (χ1v) is 11.4. The van der Waals surface area contributed by atoms with Crippen LogP contribution < -0.4 is 5.32 Å². The third kappa shape index (κ3) is 3.52. The van der Waals surface area contributed by atoms with Crippen molar-refractivity contribution in [3.05, 3.63) is 120 Å². The lowest BCUT2D eigenvalue weighted by Crippen LogP contribution is -2.34. The number of rotatable bonds is 6. The van der Waals surface area contributed by atoms with E-state index in [0.717, 1.165) is 18.7 Å². The summed E-state index contributed by atoms with van der Waals surface area (Å²) >= 11 is 0. The lowest BCUT2D eigenvalue weighted by molar-refractivity contribution is -0.433. The van der Waals surface area contributed by atoms with Gasteiger partial charge in [-0.25, -0.2) is 0 Å². The fraction of sp³-hybridized carbons (Fsp3) is 0.167. The van der Waals surface area contributed by atoms with Gasteiger partial charge in [0.2, 0.25) is 5.69 Å². The van der Waals surface area contributed by atoms with Crippen LogP contribution in [0.2, 0.25) is 0 Å². The van der Waals surface area contributed by atoms with Gasteiger partial charge in [-0.2, -0.15) is 4.58 Å². The Morgan fingerprint density at radius 3 is 2.25 bits per heavy atom. The molecule has 32 heavy (non-hydrogen) atoms. The maximum atomic E-state index is 3.45. The average molecular weight is 418 g/mol. The maximum absolute atomic E-state index is 3.45. The van der Waals surface area contributed by atoms with E-state index in [1.807, 2.05) is 6.07 Å². The molecule has 1 heterocycles. The van der Waals surface area contributed by atoms with Crippen LogP contribution in [-0.4, -0.2) is 16.8 Å². The minimum absolute atomic E-state index is 0.136. The summed E-state index contributed by atoms with van der Waals surface area (Å²) in [5.41, 5.74) is 6.40. The summed E-state index contributed by atoms with van der Waals surface area (Å²) in [6.45, 7) is 5.58.